The van der Waals surface area contributed by atoms with Gasteiger partial charge in [0.1, 0.15) is 5.82 Å². The van der Waals surface area contributed by atoms with Gasteiger partial charge in [-0.05, 0) is 25.1 Å². The summed E-state index contributed by atoms with van der Waals surface area (Å²) in [5.41, 5.74) is -0.749. The Morgan fingerprint density at radius 1 is 1.30 bits per heavy atom. The summed E-state index contributed by atoms with van der Waals surface area (Å²) in [6.07, 6.45) is -3.10. The monoisotopic (exact) mass is 333 g/mol. The van der Waals surface area contributed by atoms with Crippen LogP contribution in [0.3, 0.4) is 0 Å². The first-order valence-corrected chi connectivity index (χ1v) is 7.54. The molecule has 1 aliphatic heterocycles. The van der Waals surface area contributed by atoms with E-state index < -0.39 is 11.7 Å². The van der Waals surface area contributed by atoms with E-state index in [-0.39, 0.29) is 30.9 Å². The molecule has 2 N–H and O–H groups in total. The number of aliphatic hydroxyl groups is 2. The topological polar surface area (TPSA) is 59.8 Å². The summed E-state index contributed by atoms with van der Waals surface area (Å²) in [6, 6.07) is 2.31. The summed E-state index contributed by atoms with van der Waals surface area (Å²) >= 11 is 0. The lowest BCUT2D eigenvalue weighted by Crippen LogP contribution is -2.33. The normalized spacial score (nSPS) is 22.1. The fraction of sp³-hybridized carbons (Fsp3) is 0.667. The third kappa shape index (κ3) is 4.33. The molecule has 130 valence electrons. The van der Waals surface area contributed by atoms with Crippen molar-refractivity contribution in [2.24, 2.45) is 11.8 Å². The first-order chi connectivity index (χ1) is 10.9. The van der Waals surface area contributed by atoms with Crippen molar-refractivity contribution in [1.29, 1.82) is 0 Å². The van der Waals surface area contributed by atoms with Crippen molar-refractivity contribution in [3.8, 4) is 0 Å². The number of pyridine rings is 1. The summed E-state index contributed by atoms with van der Waals surface area (Å²) in [7, 11) is 1.84. The van der Waals surface area contributed by atoms with E-state index in [1.54, 1.807) is 4.90 Å². The zero-order valence-corrected chi connectivity index (χ0v) is 13.0. The molecule has 2 atom stereocenters. The maximum Gasteiger partial charge on any atom is 0.419 e. The van der Waals surface area contributed by atoms with Crippen molar-refractivity contribution in [3.05, 3.63) is 23.9 Å². The van der Waals surface area contributed by atoms with E-state index in [2.05, 4.69) is 4.98 Å². The van der Waals surface area contributed by atoms with Gasteiger partial charge in [0.05, 0.1) is 12.2 Å². The lowest BCUT2D eigenvalue weighted by Gasteiger charge is -2.23. The minimum Gasteiger partial charge on any atom is -0.396 e. The third-order valence-electron chi connectivity index (χ3n) is 4.23. The van der Waals surface area contributed by atoms with Crippen LogP contribution in [0.5, 0.6) is 0 Å². The molecule has 1 aliphatic rings. The summed E-state index contributed by atoms with van der Waals surface area (Å²) < 4.78 is 39.4. The number of rotatable bonds is 6. The average molecular weight is 333 g/mol. The lowest BCUT2D eigenvalue weighted by atomic mass is 9.96. The standard InChI is InChI=1S/C15H22F3N3O2/c1-20(5-6-22)7-11-8-21(9-12(11)10-23)14-13(15(16,17)18)3-2-4-19-14/h2-4,11-12,22-23H,5-10H2,1H3/t11-,12-/m1/s1. The molecule has 1 aromatic rings. The fourth-order valence-electron chi connectivity index (χ4n) is 3.06. The highest BCUT2D eigenvalue weighted by atomic mass is 19.4. The number of likely N-dealkylation sites (N-methyl/N-ethyl adjacent to an activating group) is 1. The number of anilines is 1. The van der Waals surface area contributed by atoms with Crippen molar-refractivity contribution in [2.75, 3.05) is 51.3 Å². The molecule has 0 unspecified atom stereocenters. The molecule has 0 saturated carbocycles. The van der Waals surface area contributed by atoms with Crippen LogP contribution >= 0.6 is 0 Å². The molecule has 23 heavy (non-hydrogen) atoms. The Bertz CT molecular complexity index is 513. The Morgan fingerprint density at radius 3 is 2.61 bits per heavy atom. The highest BCUT2D eigenvalue weighted by molar-refractivity contribution is 5.49. The van der Waals surface area contributed by atoms with Crippen LogP contribution in [0.25, 0.3) is 0 Å². The molecule has 5 nitrogen and oxygen atoms in total. The maximum absolute atomic E-state index is 13.1. The van der Waals surface area contributed by atoms with E-state index in [0.29, 0.717) is 26.2 Å². The minimum atomic E-state index is -4.45. The molecule has 1 saturated heterocycles. The van der Waals surface area contributed by atoms with Gasteiger partial charge in [-0.15, -0.1) is 0 Å². The summed E-state index contributed by atoms with van der Waals surface area (Å²) in [6.45, 7) is 1.79. The lowest BCUT2D eigenvalue weighted by molar-refractivity contribution is -0.137. The Morgan fingerprint density at radius 2 is 2.00 bits per heavy atom. The minimum absolute atomic E-state index is 0.0230. The zero-order chi connectivity index (χ0) is 17.0. The van der Waals surface area contributed by atoms with Gasteiger partial charge in [0.15, 0.2) is 0 Å². The van der Waals surface area contributed by atoms with Gasteiger partial charge in [-0.25, -0.2) is 4.98 Å². The molecule has 0 amide bonds. The molecule has 1 aromatic heterocycles. The van der Waals surface area contributed by atoms with Crippen LogP contribution in [-0.4, -0.2) is 66.5 Å². The van der Waals surface area contributed by atoms with E-state index in [1.165, 1.54) is 12.3 Å². The van der Waals surface area contributed by atoms with Crippen LogP contribution in [0.4, 0.5) is 19.0 Å². The molecule has 1 fully saturated rings. The highest BCUT2D eigenvalue weighted by Gasteiger charge is 2.39. The molecule has 0 bridgehead atoms. The Kier molecular flexibility index (Phi) is 5.83. The summed E-state index contributed by atoms with van der Waals surface area (Å²) in [4.78, 5) is 7.43. The number of alkyl halides is 3. The molecule has 0 aliphatic carbocycles. The van der Waals surface area contributed by atoms with Crippen LogP contribution < -0.4 is 4.90 Å². The van der Waals surface area contributed by atoms with Gasteiger partial charge in [-0.2, -0.15) is 13.2 Å². The SMILES string of the molecule is CN(CCO)C[C@@H]1CN(c2ncccc2C(F)(F)F)C[C@@H]1CO. The predicted octanol–water partition coefficient (Wildman–Crippen LogP) is 1.07. The number of halogens is 3. The van der Waals surface area contributed by atoms with Crippen molar-refractivity contribution >= 4 is 5.82 Å². The third-order valence-corrected chi connectivity index (χ3v) is 4.23. The fourth-order valence-corrected chi connectivity index (χ4v) is 3.06. The number of nitrogens with zero attached hydrogens (tertiary/aromatic N) is 3. The van der Waals surface area contributed by atoms with Gasteiger partial charge in [0.25, 0.3) is 0 Å². The smallest absolute Gasteiger partial charge is 0.396 e. The molecule has 2 heterocycles. The van der Waals surface area contributed by atoms with Gasteiger partial charge < -0.3 is 20.0 Å². The second kappa shape index (κ2) is 7.46. The quantitative estimate of drug-likeness (QED) is 0.816. The zero-order valence-electron chi connectivity index (χ0n) is 13.0. The summed E-state index contributed by atoms with van der Waals surface area (Å²) in [5, 5.41) is 18.5. The van der Waals surface area contributed by atoms with E-state index in [1.807, 2.05) is 11.9 Å². The molecule has 0 aromatic carbocycles. The number of hydrogen-bond acceptors (Lipinski definition) is 5. The van der Waals surface area contributed by atoms with Crippen LogP contribution in [0.2, 0.25) is 0 Å². The van der Waals surface area contributed by atoms with Gasteiger partial charge >= 0.3 is 6.18 Å². The van der Waals surface area contributed by atoms with E-state index in [9.17, 15) is 18.3 Å². The highest BCUT2D eigenvalue weighted by Crippen LogP contribution is 2.37. The molecule has 0 radical (unpaired) electrons. The molecule has 0 spiro atoms. The van der Waals surface area contributed by atoms with Crippen molar-refractivity contribution < 1.29 is 23.4 Å². The molecular formula is C15H22F3N3O2. The van der Waals surface area contributed by atoms with Crippen LogP contribution in [0.15, 0.2) is 18.3 Å². The second-order valence-corrected chi connectivity index (χ2v) is 5.97. The van der Waals surface area contributed by atoms with Gasteiger partial charge in [0, 0.05) is 44.9 Å². The van der Waals surface area contributed by atoms with Crippen molar-refractivity contribution in [2.45, 2.75) is 6.18 Å². The second-order valence-electron chi connectivity index (χ2n) is 5.97. The predicted molar refractivity (Wildman–Crippen MR) is 80.1 cm³/mol. The first kappa shape index (κ1) is 18.0. The van der Waals surface area contributed by atoms with E-state index in [0.717, 1.165) is 6.07 Å². The van der Waals surface area contributed by atoms with Gasteiger partial charge in [-0.3, -0.25) is 0 Å². The van der Waals surface area contributed by atoms with Crippen LogP contribution in [0, 0.1) is 11.8 Å². The van der Waals surface area contributed by atoms with Crippen molar-refractivity contribution in [1.82, 2.24) is 9.88 Å². The largest absolute Gasteiger partial charge is 0.419 e. The molecule has 8 heteroatoms. The Balaban J connectivity index is 2.17. The summed E-state index contributed by atoms with van der Waals surface area (Å²) in [5.74, 6) is -0.162. The Hall–Kier alpha value is -1.38. The Labute approximate surface area is 133 Å². The van der Waals surface area contributed by atoms with E-state index >= 15 is 0 Å². The van der Waals surface area contributed by atoms with Crippen LogP contribution in [-0.2, 0) is 6.18 Å². The molecular weight excluding hydrogens is 311 g/mol. The van der Waals surface area contributed by atoms with Gasteiger partial charge in [-0.1, -0.05) is 0 Å². The average Bonchev–Trinajstić information content (AvgIpc) is 2.89. The number of hydrogen-bond donors (Lipinski definition) is 2. The van der Waals surface area contributed by atoms with E-state index in [4.69, 9.17) is 5.11 Å². The maximum atomic E-state index is 13.1. The van der Waals surface area contributed by atoms with Gasteiger partial charge in [0.2, 0.25) is 0 Å². The number of aromatic nitrogens is 1. The first-order valence-electron chi connectivity index (χ1n) is 7.54. The molecule has 2 rings (SSSR count). The van der Waals surface area contributed by atoms with Crippen LogP contribution in [0.1, 0.15) is 5.56 Å². The number of aliphatic hydroxyl groups excluding tert-OH is 2. The van der Waals surface area contributed by atoms with Crippen molar-refractivity contribution in [3.63, 3.8) is 0 Å².